The molecule has 0 bridgehead atoms. The molecule has 0 spiro atoms. The molecular formula is C66H45N5. The first-order valence-corrected chi connectivity index (χ1v) is 24.3. The van der Waals surface area contributed by atoms with E-state index in [-0.39, 0.29) is 5.41 Å². The first kappa shape index (κ1) is 40.8. The quantitative estimate of drug-likeness (QED) is 0.160. The number of aromatic nitrogens is 5. The predicted octanol–water partition coefficient (Wildman–Crippen LogP) is 16.7. The number of para-hydroxylation sites is 3. The summed E-state index contributed by atoms with van der Waals surface area (Å²) in [7, 11) is 0. The van der Waals surface area contributed by atoms with Gasteiger partial charge in [-0.25, -0.2) is 15.0 Å². The maximum Gasteiger partial charge on any atom is 0.164 e. The van der Waals surface area contributed by atoms with Gasteiger partial charge in [-0.3, -0.25) is 0 Å². The fourth-order valence-electron chi connectivity index (χ4n) is 11.3. The van der Waals surface area contributed by atoms with Crippen molar-refractivity contribution < 1.29 is 0 Å². The number of nitrogens with zero attached hydrogens (tertiary/aromatic N) is 5. The molecule has 0 radical (unpaired) electrons. The first-order chi connectivity index (χ1) is 34.9. The van der Waals surface area contributed by atoms with Crippen LogP contribution in [0.25, 0.3) is 123 Å². The summed E-state index contributed by atoms with van der Waals surface area (Å²) in [5.41, 5.74) is 19.4. The summed E-state index contributed by atoms with van der Waals surface area (Å²) in [5, 5.41) is 4.90. The van der Waals surface area contributed by atoms with Crippen molar-refractivity contribution >= 4 is 43.6 Å². The normalized spacial score (nSPS) is 12.8. The lowest BCUT2D eigenvalue weighted by Crippen LogP contribution is -2.15. The van der Waals surface area contributed by atoms with Crippen LogP contribution in [0.4, 0.5) is 0 Å². The summed E-state index contributed by atoms with van der Waals surface area (Å²) >= 11 is 0. The molecule has 14 rings (SSSR count). The molecule has 5 heteroatoms. The Morgan fingerprint density at radius 2 is 0.761 bits per heavy atom. The van der Waals surface area contributed by atoms with Gasteiger partial charge >= 0.3 is 0 Å². The maximum absolute atomic E-state index is 5.24. The summed E-state index contributed by atoms with van der Waals surface area (Å²) in [4.78, 5) is 15.5. The third kappa shape index (κ3) is 6.58. The highest BCUT2D eigenvalue weighted by Gasteiger charge is 2.35. The number of rotatable bonds is 7. The number of hydrogen-bond donors (Lipinski definition) is 0. The smallest absolute Gasteiger partial charge is 0.164 e. The number of benzene rings is 10. The van der Waals surface area contributed by atoms with Crippen LogP contribution in [-0.2, 0) is 5.41 Å². The Labute approximate surface area is 411 Å². The van der Waals surface area contributed by atoms with Crippen LogP contribution < -0.4 is 0 Å². The Morgan fingerprint density at radius 1 is 0.282 bits per heavy atom. The molecule has 334 valence electrons. The van der Waals surface area contributed by atoms with Gasteiger partial charge in [0.1, 0.15) is 0 Å². The third-order valence-corrected chi connectivity index (χ3v) is 14.8. The standard InChI is InChI=1S/C66H45N5/c1-66(2)57-28-12-9-25-51(57)52-34-32-48(40-58(52)66)65-68-63(42-17-5-3-6-18-42)67-64(69-65)47-21-15-19-43(37-47)46-31-35-55-53-26-10-13-29-59(53)71(62(55)41-46)50-24-16-20-44(38-50)45-33-36-61-56(39-45)54-27-11-14-30-60(54)70(61)49-22-7-4-8-23-49/h3-41H,1-2H3. The van der Waals surface area contributed by atoms with Crippen LogP contribution in [0.5, 0.6) is 0 Å². The van der Waals surface area contributed by atoms with E-state index in [2.05, 4.69) is 241 Å². The van der Waals surface area contributed by atoms with Crippen LogP contribution >= 0.6 is 0 Å². The monoisotopic (exact) mass is 907 g/mol. The van der Waals surface area contributed by atoms with E-state index >= 15 is 0 Å². The zero-order valence-corrected chi connectivity index (χ0v) is 39.3. The third-order valence-electron chi connectivity index (χ3n) is 14.8. The van der Waals surface area contributed by atoms with Crippen molar-refractivity contribution in [2.75, 3.05) is 0 Å². The molecular weight excluding hydrogens is 863 g/mol. The van der Waals surface area contributed by atoms with E-state index in [1.807, 2.05) is 18.2 Å². The van der Waals surface area contributed by atoms with Crippen LogP contribution in [0.3, 0.4) is 0 Å². The SMILES string of the molecule is CC1(C)c2ccccc2-c2ccc(-c3nc(-c4ccccc4)nc(-c4cccc(-c5ccc6c7ccccc7n(-c7cccc(-c8ccc9c(c8)c8ccccc8n9-c8ccccc8)c7)c6c5)c4)n3)cc21. The second kappa shape index (κ2) is 15.9. The second-order valence-electron chi connectivity index (χ2n) is 19.2. The summed E-state index contributed by atoms with van der Waals surface area (Å²) < 4.78 is 4.79. The summed E-state index contributed by atoms with van der Waals surface area (Å²) in [6.45, 7) is 4.62. The molecule has 1 aliphatic rings. The molecule has 1 aliphatic carbocycles. The Balaban J connectivity index is 0.869. The predicted molar refractivity (Wildman–Crippen MR) is 293 cm³/mol. The zero-order chi connectivity index (χ0) is 47.2. The van der Waals surface area contributed by atoms with E-state index in [1.54, 1.807) is 0 Å². The Bertz CT molecular complexity index is 4260. The number of fused-ring (bicyclic) bond motifs is 9. The number of hydrogen-bond acceptors (Lipinski definition) is 3. The van der Waals surface area contributed by atoms with Crippen molar-refractivity contribution in [3.8, 4) is 78.9 Å². The topological polar surface area (TPSA) is 48.5 Å². The summed E-state index contributed by atoms with van der Waals surface area (Å²) in [6, 6.07) is 85.1. The van der Waals surface area contributed by atoms with Gasteiger partial charge in [-0.1, -0.05) is 184 Å². The van der Waals surface area contributed by atoms with Crippen molar-refractivity contribution in [3.63, 3.8) is 0 Å². The van der Waals surface area contributed by atoms with Crippen LogP contribution in [0, 0.1) is 0 Å². The molecule has 0 N–H and O–H groups in total. The minimum atomic E-state index is -0.147. The van der Waals surface area contributed by atoms with Gasteiger partial charge in [0.2, 0.25) is 0 Å². The van der Waals surface area contributed by atoms with Crippen LogP contribution in [0.2, 0.25) is 0 Å². The highest BCUT2D eigenvalue weighted by atomic mass is 15.0. The molecule has 0 aliphatic heterocycles. The van der Waals surface area contributed by atoms with Gasteiger partial charge < -0.3 is 9.13 Å². The highest BCUT2D eigenvalue weighted by molar-refractivity contribution is 6.12. The van der Waals surface area contributed by atoms with Crippen molar-refractivity contribution in [2.45, 2.75) is 19.3 Å². The van der Waals surface area contributed by atoms with Crippen LogP contribution in [0.15, 0.2) is 237 Å². The molecule has 10 aromatic carbocycles. The van der Waals surface area contributed by atoms with Crippen LogP contribution in [0.1, 0.15) is 25.0 Å². The fraction of sp³-hybridized carbons (Fsp3) is 0.0455. The Hall–Kier alpha value is -9.19. The summed E-state index contributed by atoms with van der Waals surface area (Å²) in [5.74, 6) is 1.93. The van der Waals surface area contributed by atoms with Crippen molar-refractivity contribution in [1.82, 2.24) is 24.1 Å². The van der Waals surface area contributed by atoms with E-state index in [4.69, 9.17) is 15.0 Å². The van der Waals surface area contributed by atoms with Gasteiger partial charge in [-0.2, -0.15) is 0 Å². The van der Waals surface area contributed by atoms with E-state index < -0.39 is 0 Å². The van der Waals surface area contributed by atoms with Crippen molar-refractivity contribution in [2.24, 2.45) is 0 Å². The van der Waals surface area contributed by atoms with Gasteiger partial charge in [0.25, 0.3) is 0 Å². The molecule has 3 aromatic heterocycles. The largest absolute Gasteiger partial charge is 0.309 e. The minimum absolute atomic E-state index is 0.147. The summed E-state index contributed by atoms with van der Waals surface area (Å²) in [6.07, 6.45) is 0. The van der Waals surface area contributed by atoms with Gasteiger partial charge in [0.05, 0.1) is 22.1 Å². The Kier molecular flexibility index (Phi) is 9.17. The molecule has 71 heavy (non-hydrogen) atoms. The highest BCUT2D eigenvalue weighted by Crippen LogP contribution is 2.49. The van der Waals surface area contributed by atoms with E-state index in [0.717, 1.165) is 55.8 Å². The molecule has 13 aromatic rings. The average molecular weight is 908 g/mol. The van der Waals surface area contributed by atoms with Crippen molar-refractivity contribution in [1.29, 1.82) is 0 Å². The molecule has 0 fully saturated rings. The van der Waals surface area contributed by atoms with E-state index in [0.29, 0.717) is 17.5 Å². The van der Waals surface area contributed by atoms with Gasteiger partial charge in [-0.05, 0) is 111 Å². The fourth-order valence-corrected chi connectivity index (χ4v) is 11.3. The van der Waals surface area contributed by atoms with E-state index in [9.17, 15) is 0 Å². The first-order valence-electron chi connectivity index (χ1n) is 24.3. The molecule has 0 saturated heterocycles. The zero-order valence-electron chi connectivity index (χ0n) is 39.3. The minimum Gasteiger partial charge on any atom is -0.309 e. The molecule has 3 heterocycles. The lowest BCUT2D eigenvalue weighted by molar-refractivity contribution is 0.660. The average Bonchev–Trinajstić information content (AvgIpc) is 4.03. The van der Waals surface area contributed by atoms with Gasteiger partial charge in [0, 0.05) is 55.0 Å². The lowest BCUT2D eigenvalue weighted by atomic mass is 9.82. The molecule has 5 nitrogen and oxygen atoms in total. The van der Waals surface area contributed by atoms with Crippen LogP contribution in [-0.4, -0.2) is 24.1 Å². The maximum atomic E-state index is 5.24. The molecule has 0 atom stereocenters. The van der Waals surface area contributed by atoms with Crippen molar-refractivity contribution in [3.05, 3.63) is 248 Å². The van der Waals surface area contributed by atoms with Gasteiger partial charge in [0.15, 0.2) is 17.5 Å². The lowest BCUT2D eigenvalue weighted by Gasteiger charge is -2.21. The molecule has 0 amide bonds. The van der Waals surface area contributed by atoms with E-state index in [1.165, 1.54) is 60.4 Å². The molecule has 0 unspecified atom stereocenters. The Morgan fingerprint density at radius 3 is 1.54 bits per heavy atom. The van der Waals surface area contributed by atoms with Gasteiger partial charge in [-0.15, -0.1) is 0 Å². The second-order valence-corrected chi connectivity index (χ2v) is 19.2. The molecule has 0 saturated carbocycles.